The number of rotatable bonds is 7. The predicted octanol–water partition coefficient (Wildman–Crippen LogP) is 0.592. The van der Waals surface area contributed by atoms with Crippen molar-refractivity contribution in [3.8, 4) is 11.3 Å². The van der Waals surface area contributed by atoms with Crippen LogP contribution in [0.5, 0.6) is 0 Å². The topological polar surface area (TPSA) is 141 Å². The van der Waals surface area contributed by atoms with E-state index in [2.05, 4.69) is 10.3 Å². The fourth-order valence-electron chi connectivity index (χ4n) is 4.80. The van der Waals surface area contributed by atoms with Gasteiger partial charge in [-0.25, -0.2) is 17.9 Å². The van der Waals surface area contributed by atoms with E-state index in [1.165, 1.54) is 6.20 Å². The Morgan fingerprint density at radius 1 is 1.16 bits per heavy atom. The molecule has 6 atom stereocenters. The second kappa shape index (κ2) is 10.2. The van der Waals surface area contributed by atoms with Crippen molar-refractivity contribution in [2.45, 2.75) is 66.3 Å². The molecule has 14 heteroatoms. The number of likely N-dealkylation sites (tertiary alicyclic amines) is 1. The smallest absolute Gasteiger partial charge is 0.238 e. The molecule has 1 aliphatic carbocycles. The molecule has 1 amide bonds. The van der Waals surface area contributed by atoms with Gasteiger partial charge in [0.15, 0.2) is 17.5 Å². The molecule has 2 saturated heterocycles. The van der Waals surface area contributed by atoms with E-state index in [4.69, 9.17) is 4.74 Å². The maximum atomic E-state index is 13.7. The summed E-state index contributed by atoms with van der Waals surface area (Å²) in [5.41, 5.74) is -2.57. The Morgan fingerprint density at radius 3 is 2.38 bits per heavy atom. The summed E-state index contributed by atoms with van der Waals surface area (Å²) in [5.74, 6) is -4.73. The van der Waals surface area contributed by atoms with Crippen molar-refractivity contribution in [2.24, 2.45) is 0 Å². The number of amides is 1. The number of hydrogen-bond donors (Lipinski definition) is 4. The number of nitrogens with zero attached hydrogens (tertiary/aromatic N) is 4. The standard InChI is InChI=1S/C23H27F3N4O6S/c24-12-7-11(8-13(25)16(12)26)14-9-30(28-27-14)17-18(32)15(10-31)36-22(19(17)33)37-20(23(35)3-1-4-23)21(34)29-5-2-6-29/h7-9,15,17-20,22,31-33,35H,1-6,10H2/t15-,17+,18+,19-,20?,22+/m1/s1. The summed E-state index contributed by atoms with van der Waals surface area (Å²) in [5, 5.41) is 49.7. The van der Waals surface area contributed by atoms with Crippen molar-refractivity contribution >= 4 is 17.7 Å². The molecule has 0 spiro atoms. The van der Waals surface area contributed by atoms with Crippen molar-refractivity contribution in [3.05, 3.63) is 35.8 Å². The minimum absolute atomic E-state index is 0.0527. The summed E-state index contributed by atoms with van der Waals surface area (Å²) in [6.45, 7) is 0.534. The molecule has 3 aliphatic rings. The van der Waals surface area contributed by atoms with E-state index < -0.39 is 64.7 Å². The lowest BCUT2D eigenvalue weighted by atomic mass is 9.77. The highest BCUT2D eigenvalue weighted by Crippen LogP contribution is 2.46. The molecular weight excluding hydrogens is 517 g/mol. The van der Waals surface area contributed by atoms with E-state index in [9.17, 15) is 38.4 Å². The van der Waals surface area contributed by atoms with Crippen LogP contribution in [0.15, 0.2) is 18.3 Å². The number of aliphatic hydroxyl groups is 4. The molecule has 1 aromatic carbocycles. The van der Waals surface area contributed by atoms with Crippen LogP contribution in [0.1, 0.15) is 31.7 Å². The number of ether oxygens (including phenoxy) is 1. The minimum Gasteiger partial charge on any atom is -0.394 e. The largest absolute Gasteiger partial charge is 0.394 e. The fraction of sp³-hybridized carbons (Fsp3) is 0.609. The van der Waals surface area contributed by atoms with Gasteiger partial charge in [-0.15, -0.1) is 16.9 Å². The van der Waals surface area contributed by atoms with Gasteiger partial charge in [0, 0.05) is 18.7 Å². The average Bonchev–Trinajstić information content (AvgIpc) is 3.29. The van der Waals surface area contributed by atoms with Gasteiger partial charge in [-0.2, -0.15) is 0 Å². The van der Waals surface area contributed by atoms with Gasteiger partial charge in [-0.1, -0.05) is 5.21 Å². The number of aliphatic hydroxyl groups excluding tert-OH is 3. The lowest BCUT2D eigenvalue weighted by molar-refractivity contribution is -0.179. The average molecular weight is 545 g/mol. The molecule has 4 N–H and O–H groups in total. The van der Waals surface area contributed by atoms with Crippen LogP contribution >= 0.6 is 11.8 Å². The number of carbonyl (C=O) groups is 1. The van der Waals surface area contributed by atoms with Crippen LogP contribution in [-0.4, -0.2) is 101 Å². The highest BCUT2D eigenvalue weighted by molar-refractivity contribution is 8.01. The molecule has 0 bridgehead atoms. The Kier molecular flexibility index (Phi) is 7.24. The lowest BCUT2D eigenvalue weighted by Crippen LogP contribution is -2.60. The molecule has 10 nitrogen and oxygen atoms in total. The third-order valence-electron chi connectivity index (χ3n) is 7.31. The molecule has 1 aromatic heterocycles. The van der Waals surface area contributed by atoms with Crippen molar-refractivity contribution in [1.82, 2.24) is 19.9 Å². The highest BCUT2D eigenvalue weighted by Gasteiger charge is 2.53. The zero-order valence-corrected chi connectivity index (χ0v) is 20.4. The van der Waals surface area contributed by atoms with Crippen LogP contribution in [0, 0.1) is 17.5 Å². The van der Waals surface area contributed by atoms with E-state index in [0.717, 1.165) is 41.4 Å². The van der Waals surface area contributed by atoms with Crippen molar-refractivity contribution in [3.63, 3.8) is 0 Å². The van der Waals surface area contributed by atoms with E-state index in [-0.39, 0.29) is 17.2 Å². The van der Waals surface area contributed by atoms with Gasteiger partial charge >= 0.3 is 0 Å². The number of benzene rings is 1. The van der Waals surface area contributed by atoms with Gasteiger partial charge in [-0.05, 0) is 37.8 Å². The molecule has 0 radical (unpaired) electrons. The summed E-state index contributed by atoms with van der Waals surface area (Å²) in [7, 11) is 0. The zero-order valence-electron chi connectivity index (χ0n) is 19.6. The SMILES string of the molecule is O=C(C(S[C@@H]1O[C@H](CO)[C@H](O)[C@H](n2cc(-c3cc(F)c(F)c(F)c3)nn2)[C@H]1O)C1(O)CCC1)N1CCC1. The summed E-state index contributed by atoms with van der Waals surface area (Å²) in [6.07, 6.45) is -0.454. The first-order valence-corrected chi connectivity index (χ1v) is 12.9. The maximum absolute atomic E-state index is 13.7. The van der Waals surface area contributed by atoms with Crippen LogP contribution in [0.3, 0.4) is 0 Å². The number of carbonyl (C=O) groups excluding carboxylic acids is 1. The van der Waals surface area contributed by atoms with E-state index in [0.29, 0.717) is 25.9 Å². The van der Waals surface area contributed by atoms with Crippen molar-refractivity contribution in [2.75, 3.05) is 19.7 Å². The molecule has 2 aromatic rings. The molecule has 37 heavy (non-hydrogen) atoms. The van der Waals surface area contributed by atoms with E-state index in [1.807, 2.05) is 0 Å². The predicted molar refractivity (Wildman–Crippen MR) is 124 cm³/mol. The van der Waals surface area contributed by atoms with Gasteiger partial charge < -0.3 is 30.1 Å². The second-order valence-electron chi connectivity index (χ2n) is 9.69. The first kappa shape index (κ1) is 26.4. The quantitative estimate of drug-likeness (QED) is 0.369. The molecule has 202 valence electrons. The Bertz CT molecular complexity index is 1140. The van der Waals surface area contributed by atoms with Crippen LogP contribution in [0.2, 0.25) is 0 Å². The first-order valence-electron chi connectivity index (χ1n) is 12.0. The highest BCUT2D eigenvalue weighted by atomic mass is 32.2. The Morgan fingerprint density at radius 2 is 1.84 bits per heavy atom. The summed E-state index contributed by atoms with van der Waals surface area (Å²) in [6, 6.07) is 0.254. The fourth-order valence-corrected chi connectivity index (χ4v) is 6.35. The molecule has 3 fully saturated rings. The maximum Gasteiger partial charge on any atom is 0.238 e. The number of aromatic nitrogens is 3. The zero-order chi connectivity index (χ0) is 26.5. The van der Waals surface area contributed by atoms with E-state index >= 15 is 0 Å². The molecule has 5 rings (SSSR count). The van der Waals surface area contributed by atoms with Gasteiger partial charge in [-0.3, -0.25) is 4.79 Å². The van der Waals surface area contributed by atoms with Gasteiger partial charge in [0.25, 0.3) is 0 Å². The number of hydrogen-bond acceptors (Lipinski definition) is 9. The van der Waals surface area contributed by atoms with Crippen molar-refractivity contribution in [1.29, 1.82) is 0 Å². The number of halogens is 3. The van der Waals surface area contributed by atoms with Crippen LogP contribution < -0.4 is 0 Å². The molecular formula is C23H27F3N4O6S. The van der Waals surface area contributed by atoms with E-state index in [1.54, 1.807) is 4.90 Å². The third-order valence-corrected chi connectivity index (χ3v) is 8.88. The van der Waals surface area contributed by atoms with Crippen LogP contribution in [0.4, 0.5) is 13.2 Å². The molecule has 3 heterocycles. The molecule has 1 saturated carbocycles. The minimum atomic E-state index is -1.63. The third kappa shape index (κ3) is 4.74. The van der Waals surface area contributed by atoms with Crippen molar-refractivity contribution < 1.29 is 43.1 Å². The summed E-state index contributed by atoms with van der Waals surface area (Å²) >= 11 is 0.932. The Balaban J connectivity index is 1.42. The Labute approximate surface area is 214 Å². The van der Waals surface area contributed by atoms with Gasteiger partial charge in [0.05, 0.1) is 18.4 Å². The van der Waals surface area contributed by atoms with Gasteiger partial charge in [0.2, 0.25) is 5.91 Å². The van der Waals surface area contributed by atoms with Crippen LogP contribution in [-0.2, 0) is 9.53 Å². The first-order chi connectivity index (χ1) is 17.6. The Hall–Kier alpha value is -2.23. The summed E-state index contributed by atoms with van der Waals surface area (Å²) < 4.78 is 47.6. The van der Waals surface area contributed by atoms with Crippen LogP contribution in [0.25, 0.3) is 11.3 Å². The molecule has 1 unspecified atom stereocenters. The van der Waals surface area contributed by atoms with Gasteiger partial charge in [0.1, 0.15) is 40.7 Å². The molecule has 2 aliphatic heterocycles. The number of thioether (sulfide) groups is 1. The second-order valence-corrected chi connectivity index (χ2v) is 10.9. The monoisotopic (exact) mass is 544 g/mol. The summed E-state index contributed by atoms with van der Waals surface area (Å²) in [4.78, 5) is 14.8. The lowest BCUT2D eigenvalue weighted by Gasteiger charge is -2.48. The normalized spacial score (nSPS) is 29.9.